The van der Waals surface area contributed by atoms with Gasteiger partial charge in [-0.05, 0) is 31.2 Å². The van der Waals surface area contributed by atoms with E-state index in [0.717, 1.165) is 44.2 Å². The smallest absolute Gasteiger partial charge is 0.319 e. The van der Waals surface area contributed by atoms with E-state index in [2.05, 4.69) is 26.5 Å². The Balaban J connectivity index is 1.40. The van der Waals surface area contributed by atoms with Gasteiger partial charge in [0.2, 0.25) is 0 Å². The number of nitrogens with zero attached hydrogens (tertiary/aromatic N) is 2. The molecule has 3 rings (SSSR count). The quantitative estimate of drug-likeness (QED) is 0.716. The molecule has 1 aliphatic rings. The summed E-state index contributed by atoms with van der Waals surface area (Å²) in [6.45, 7) is 7.68. The van der Waals surface area contributed by atoms with E-state index >= 15 is 0 Å². The second-order valence-corrected chi connectivity index (χ2v) is 6.81. The highest BCUT2D eigenvalue weighted by atomic mass is 16.5. The third kappa shape index (κ3) is 5.77. The highest BCUT2D eigenvalue weighted by Gasteiger charge is 2.19. The van der Waals surface area contributed by atoms with Crippen molar-refractivity contribution >= 4 is 17.4 Å². The van der Waals surface area contributed by atoms with Gasteiger partial charge in [0, 0.05) is 39.3 Å². The number of piperazine rings is 1. The van der Waals surface area contributed by atoms with Crippen molar-refractivity contribution in [3.05, 3.63) is 48.5 Å². The van der Waals surface area contributed by atoms with Gasteiger partial charge in [-0.2, -0.15) is 0 Å². The molecule has 0 bridgehead atoms. The van der Waals surface area contributed by atoms with Crippen molar-refractivity contribution in [2.75, 3.05) is 63.2 Å². The molecule has 2 aromatic rings. The normalized spacial score (nSPS) is 14.3. The topological polar surface area (TPSA) is 66.1 Å². The summed E-state index contributed by atoms with van der Waals surface area (Å²) in [5, 5.41) is 5.79. The van der Waals surface area contributed by atoms with Crippen LogP contribution < -0.4 is 25.0 Å². The fourth-order valence-corrected chi connectivity index (χ4v) is 3.45. The average molecular weight is 399 g/mol. The Morgan fingerprint density at radius 1 is 1.00 bits per heavy atom. The zero-order valence-corrected chi connectivity index (χ0v) is 17.2. The molecule has 7 heteroatoms. The Morgan fingerprint density at radius 2 is 1.69 bits per heavy atom. The largest absolute Gasteiger partial charge is 0.495 e. The van der Waals surface area contributed by atoms with Crippen molar-refractivity contribution < 1.29 is 14.3 Å². The van der Waals surface area contributed by atoms with Crippen molar-refractivity contribution in [2.45, 2.75) is 6.92 Å². The molecule has 1 heterocycles. The Kier molecular flexibility index (Phi) is 7.58. The molecule has 2 N–H and O–H groups in total. The molecular formula is C22H30N4O3. The molecule has 1 aliphatic heterocycles. The van der Waals surface area contributed by atoms with Crippen LogP contribution in [0.5, 0.6) is 11.5 Å². The number of hydrogen-bond acceptors (Lipinski definition) is 5. The second-order valence-electron chi connectivity index (χ2n) is 6.81. The van der Waals surface area contributed by atoms with E-state index in [1.807, 2.05) is 49.4 Å². The molecule has 0 spiro atoms. The lowest BCUT2D eigenvalue weighted by Gasteiger charge is -2.36. The molecule has 0 unspecified atom stereocenters. The molecule has 1 fully saturated rings. The summed E-state index contributed by atoms with van der Waals surface area (Å²) in [4.78, 5) is 16.9. The first kappa shape index (κ1) is 20.8. The van der Waals surface area contributed by atoms with E-state index in [1.54, 1.807) is 7.11 Å². The van der Waals surface area contributed by atoms with Crippen LogP contribution in [-0.2, 0) is 0 Å². The molecule has 0 saturated carbocycles. The van der Waals surface area contributed by atoms with Crippen molar-refractivity contribution in [2.24, 2.45) is 0 Å². The number of anilines is 2. The van der Waals surface area contributed by atoms with Crippen molar-refractivity contribution in [3.8, 4) is 11.5 Å². The van der Waals surface area contributed by atoms with E-state index in [1.165, 1.54) is 0 Å². The molecular weight excluding hydrogens is 368 g/mol. The molecule has 0 aliphatic carbocycles. The third-order valence-electron chi connectivity index (χ3n) is 4.95. The van der Waals surface area contributed by atoms with Gasteiger partial charge in [0.25, 0.3) is 0 Å². The number of ether oxygens (including phenoxy) is 2. The van der Waals surface area contributed by atoms with Crippen LogP contribution in [-0.4, -0.2) is 63.9 Å². The number of carbonyl (C=O) groups is 1. The monoisotopic (exact) mass is 398 g/mol. The van der Waals surface area contributed by atoms with Crippen LogP contribution in [0.25, 0.3) is 0 Å². The van der Waals surface area contributed by atoms with Crippen LogP contribution in [0.1, 0.15) is 6.92 Å². The molecule has 0 aromatic heterocycles. The second kappa shape index (κ2) is 10.6. The predicted octanol–water partition coefficient (Wildman–Crippen LogP) is 3.04. The number of nitrogens with one attached hydrogen (secondary N) is 2. The third-order valence-corrected chi connectivity index (χ3v) is 4.95. The minimum absolute atomic E-state index is 0.218. The molecule has 156 valence electrons. The number of urea groups is 1. The molecule has 0 atom stereocenters. The highest BCUT2D eigenvalue weighted by Crippen LogP contribution is 2.28. The standard InChI is InChI=1S/C22H30N4O3/c1-3-29-20-10-6-4-8-18(20)24-22(27)23-12-13-25-14-16-26(17-15-25)19-9-5-7-11-21(19)28-2/h4-11H,3,12-17H2,1-2H3,(H2,23,24,27). The SMILES string of the molecule is CCOc1ccccc1NC(=O)NCCN1CCN(c2ccccc2OC)CC1. The maximum absolute atomic E-state index is 12.2. The van der Waals surface area contributed by atoms with Gasteiger partial charge in [-0.25, -0.2) is 4.79 Å². The molecule has 1 saturated heterocycles. The van der Waals surface area contributed by atoms with Crippen LogP contribution in [0.3, 0.4) is 0 Å². The minimum atomic E-state index is -0.218. The van der Waals surface area contributed by atoms with Crippen LogP contribution in [0.15, 0.2) is 48.5 Å². The fraction of sp³-hybridized carbons (Fsp3) is 0.409. The van der Waals surface area contributed by atoms with Gasteiger partial charge < -0.3 is 25.0 Å². The average Bonchev–Trinajstić information content (AvgIpc) is 2.76. The Bertz CT molecular complexity index is 791. The number of carbonyl (C=O) groups excluding carboxylic acids is 1. The van der Waals surface area contributed by atoms with Gasteiger partial charge in [-0.1, -0.05) is 24.3 Å². The number of benzene rings is 2. The lowest BCUT2D eigenvalue weighted by Crippen LogP contribution is -2.48. The molecule has 7 nitrogen and oxygen atoms in total. The first-order chi connectivity index (χ1) is 14.2. The first-order valence-corrected chi connectivity index (χ1v) is 10.1. The molecule has 29 heavy (non-hydrogen) atoms. The summed E-state index contributed by atoms with van der Waals surface area (Å²) in [6, 6.07) is 15.3. The first-order valence-electron chi connectivity index (χ1n) is 10.1. The summed E-state index contributed by atoms with van der Waals surface area (Å²) in [7, 11) is 1.71. The number of amides is 2. The van der Waals surface area contributed by atoms with Gasteiger partial charge in [-0.3, -0.25) is 4.90 Å². The summed E-state index contributed by atoms with van der Waals surface area (Å²) in [5.74, 6) is 1.59. The fourth-order valence-electron chi connectivity index (χ4n) is 3.45. The maximum Gasteiger partial charge on any atom is 0.319 e. The lowest BCUT2D eigenvalue weighted by atomic mass is 10.2. The lowest BCUT2D eigenvalue weighted by molar-refractivity contribution is 0.240. The van der Waals surface area contributed by atoms with E-state index in [4.69, 9.17) is 9.47 Å². The summed E-state index contributed by atoms with van der Waals surface area (Å²) in [5.41, 5.74) is 1.82. The van der Waals surface area contributed by atoms with Crippen molar-refractivity contribution in [3.63, 3.8) is 0 Å². The van der Waals surface area contributed by atoms with Gasteiger partial charge in [0.05, 0.1) is 25.1 Å². The predicted molar refractivity (Wildman–Crippen MR) is 116 cm³/mol. The van der Waals surface area contributed by atoms with Crippen LogP contribution in [0.2, 0.25) is 0 Å². The minimum Gasteiger partial charge on any atom is -0.495 e. The van der Waals surface area contributed by atoms with E-state index < -0.39 is 0 Å². The Morgan fingerprint density at radius 3 is 2.41 bits per heavy atom. The summed E-state index contributed by atoms with van der Waals surface area (Å²) >= 11 is 0. The molecule has 0 radical (unpaired) electrons. The molecule has 2 amide bonds. The van der Waals surface area contributed by atoms with E-state index in [-0.39, 0.29) is 6.03 Å². The van der Waals surface area contributed by atoms with Crippen molar-refractivity contribution in [1.29, 1.82) is 0 Å². The Hall–Kier alpha value is -2.93. The van der Waals surface area contributed by atoms with Crippen LogP contribution in [0.4, 0.5) is 16.2 Å². The van der Waals surface area contributed by atoms with Gasteiger partial charge in [0.15, 0.2) is 0 Å². The van der Waals surface area contributed by atoms with E-state index in [0.29, 0.717) is 24.6 Å². The van der Waals surface area contributed by atoms with Gasteiger partial charge >= 0.3 is 6.03 Å². The highest BCUT2D eigenvalue weighted by molar-refractivity contribution is 5.90. The van der Waals surface area contributed by atoms with Crippen molar-refractivity contribution in [1.82, 2.24) is 10.2 Å². The van der Waals surface area contributed by atoms with Crippen LogP contribution >= 0.6 is 0 Å². The van der Waals surface area contributed by atoms with Gasteiger partial charge in [0.1, 0.15) is 11.5 Å². The summed E-state index contributed by atoms with van der Waals surface area (Å²) in [6.07, 6.45) is 0. The van der Waals surface area contributed by atoms with Crippen LogP contribution in [0, 0.1) is 0 Å². The number of hydrogen-bond donors (Lipinski definition) is 2. The number of methoxy groups -OCH3 is 1. The zero-order valence-electron chi connectivity index (χ0n) is 17.2. The van der Waals surface area contributed by atoms with Gasteiger partial charge in [-0.15, -0.1) is 0 Å². The maximum atomic E-state index is 12.2. The number of rotatable bonds is 8. The Labute approximate surface area is 172 Å². The number of para-hydroxylation sites is 4. The van der Waals surface area contributed by atoms with E-state index in [9.17, 15) is 4.79 Å². The summed E-state index contributed by atoms with van der Waals surface area (Å²) < 4.78 is 11.0. The zero-order chi connectivity index (χ0) is 20.5. The molecule has 2 aromatic carbocycles.